The smallest absolute Gasteiger partial charge is 0.214 e. The molecule has 1 rings (SSSR count). The van der Waals surface area contributed by atoms with Crippen molar-refractivity contribution in [2.45, 2.75) is 44.7 Å². The van der Waals surface area contributed by atoms with E-state index >= 15 is 0 Å². The minimum atomic E-state index is -3.31. The van der Waals surface area contributed by atoms with Crippen LogP contribution < -0.4 is 10.0 Å². The van der Waals surface area contributed by atoms with Crippen molar-refractivity contribution in [2.75, 3.05) is 12.3 Å². The van der Waals surface area contributed by atoms with Gasteiger partial charge in [-0.3, -0.25) is 0 Å². The minimum absolute atomic E-state index is 0.0554. The lowest BCUT2D eigenvalue weighted by atomic mass is 10.1. The number of hydrogen-bond donors (Lipinski definition) is 2. The van der Waals surface area contributed by atoms with E-state index in [0.717, 1.165) is 25.8 Å². The van der Waals surface area contributed by atoms with Crippen LogP contribution in [0.15, 0.2) is 0 Å². The normalized spacial score (nSPS) is 22.7. The lowest BCUT2D eigenvalue weighted by Gasteiger charge is -2.25. The zero-order chi connectivity index (χ0) is 12.2. The fourth-order valence-electron chi connectivity index (χ4n) is 1.79. The van der Waals surface area contributed by atoms with Crippen molar-refractivity contribution in [3.63, 3.8) is 0 Å². The SMILES string of the molecule is C#CC(C)(C)NS(=O)(=O)CC1CCCCN1. The van der Waals surface area contributed by atoms with Crippen LogP contribution in [0.25, 0.3) is 0 Å². The molecular formula is C11H20N2O2S. The highest BCUT2D eigenvalue weighted by Crippen LogP contribution is 2.10. The van der Waals surface area contributed by atoms with Gasteiger partial charge in [-0.1, -0.05) is 12.3 Å². The number of terminal acetylenes is 1. The molecular weight excluding hydrogens is 224 g/mol. The summed E-state index contributed by atoms with van der Waals surface area (Å²) < 4.78 is 26.2. The molecule has 1 atom stereocenters. The summed E-state index contributed by atoms with van der Waals surface area (Å²) in [4.78, 5) is 0. The van der Waals surface area contributed by atoms with Gasteiger partial charge < -0.3 is 5.32 Å². The minimum Gasteiger partial charge on any atom is -0.313 e. The van der Waals surface area contributed by atoms with Crippen molar-refractivity contribution >= 4 is 10.0 Å². The first-order valence-corrected chi connectivity index (χ1v) is 7.23. The van der Waals surface area contributed by atoms with E-state index in [4.69, 9.17) is 6.42 Å². The first kappa shape index (κ1) is 13.5. The van der Waals surface area contributed by atoms with E-state index < -0.39 is 15.6 Å². The second-order valence-corrected chi connectivity index (χ2v) is 6.57. The summed E-state index contributed by atoms with van der Waals surface area (Å²) in [6.45, 7) is 4.26. The molecule has 16 heavy (non-hydrogen) atoms. The maximum absolute atomic E-state index is 11.8. The summed E-state index contributed by atoms with van der Waals surface area (Å²) in [5.74, 6) is 2.53. The third-order valence-electron chi connectivity index (χ3n) is 2.60. The van der Waals surface area contributed by atoms with E-state index in [1.54, 1.807) is 13.8 Å². The molecule has 0 radical (unpaired) electrons. The number of nitrogens with one attached hydrogen (secondary N) is 2. The van der Waals surface area contributed by atoms with E-state index in [1.807, 2.05) is 0 Å². The Bertz CT molecular complexity index is 362. The van der Waals surface area contributed by atoms with Crippen LogP contribution in [0.1, 0.15) is 33.1 Å². The third kappa shape index (κ3) is 4.52. The van der Waals surface area contributed by atoms with Gasteiger partial charge in [0, 0.05) is 6.04 Å². The van der Waals surface area contributed by atoms with E-state index in [0.29, 0.717) is 0 Å². The Morgan fingerprint density at radius 2 is 2.19 bits per heavy atom. The van der Waals surface area contributed by atoms with Crippen LogP contribution in [0, 0.1) is 12.3 Å². The molecule has 0 aromatic heterocycles. The van der Waals surface area contributed by atoms with Crippen molar-refractivity contribution in [3.8, 4) is 12.3 Å². The van der Waals surface area contributed by atoms with Crippen LogP contribution in [0.3, 0.4) is 0 Å². The van der Waals surface area contributed by atoms with Gasteiger partial charge in [0.25, 0.3) is 0 Å². The van der Waals surface area contributed by atoms with E-state index in [1.165, 1.54) is 0 Å². The molecule has 0 bridgehead atoms. The summed E-state index contributed by atoms with van der Waals surface area (Å²) >= 11 is 0. The summed E-state index contributed by atoms with van der Waals surface area (Å²) in [5, 5.41) is 3.21. The zero-order valence-corrected chi connectivity index (χ0v) is 10.7. The number of rotatable bonds is 4. The fourth-order valence-corrected chi connectivity index (χ4v) is 3.52. The molecule has 0 spiro atoms. The van der Waals surface area contributed by atoms with Gasteiger partial charge in [-0.05, 0) is 33.2 Å². The predicted molar refractivity (Wildman–Crippen MR) is 65.5 cm³/mol. The molecule has 1 fully saturated rings. The maximum atomic E-state index is 11.8. The summed E-state index contributed by atoms with van der Waals surface area (Å²) in [6, 6.07) is 0.0554. The summed E-state index contributed by atoms with van der Waals surface area (Å²) in [5.41, 5.74) is -0.812. The quantitative estimate of drug-likeness (QED) is 0.706. The lowest BCUT2D eigenvalue weighted by molar-refractivity contribution is 0.420. The monoisotopic (exact) mass is 244 g/mol. The molecule has 4 nitrogen and oxygen atoms in total. The van der Waals surface area contributed by atoms with E-state index in [2.05, 4.69) is 16.0 Å². The number of piperidine rings is 1. The van der Waals surface area contributed by atoms with Gasteiger partial charge in [0.05, 0.1) is 11.3 Å². The van der Waals surface area contributed by atoms with Gasteiger partial charge in [-0.2, -0.15) is 4.72 Å². The Kier molecular flexibility index (Phi) is 4.36. The second kappa shape index (κ2) is 5.17. The molecule has 1 aliphatic rings. The molecule has 0 aromatic rings. The van der Waals surface area contributed by atoms with Gasteiger partial charge in [0.15, 0.2) is 0 Å². The average Bonchev–Trinajstić information content (AvgIpc) is 2.17. The van der Waals surface area contributed by atoms with Crippen molar-refractivity contribution < 1.29 is 8.42 Å². The van der Waals surface area contributed by atoms with Crippen LogP contribution in [0.5, 0.6) is 0 Å². The third-order valence-corrected chi connectivity index (χ3v) is 4.27. The molecule has 92 valence electrons. The van der Waals surface area contributed by atoms with Crippen LogP contribution in [-0.2, 0) is 10.0 Å². The van der Waals surface area contributed by atoms with Gasteiger partial charge in [-0.15, -0.1) is 6.42 Å². The van der Waals surface area contributed by atoms with Crippen LogP contribution in [0.2, 0.25) is 0 Å². The average molecular weight is 244 g/mol. The molecule has 0 saturated carbocycles. The van der Waals surface area contributed by atoms with Crippen LogP contribution >= 0.6 is 0 Å². The van der Waals surface area contributed by atoms with Crippen molar-refractivity contribution in [2.24, 2.45) is 0 Å². The molecule has 2 N–H and O–H groups in total. The fraction of sp³-hybridized carbons (Fsp3) is 0.818. The molecule has 0 aliphatic carbocycles. The predicted octanol–water partition coefficient (Wildman–Crippen LogP) is 0.460. The van der Waals surface area contributed by atoms with Gasteiger partial charge in [0.1, 0.15) is 0 Å². The topological polar surface area (TPSA) is 58.2 Å². The Morgan fingerprint density at radius 1 is 1.50 bits per heavy atom. The molecule has 1 saturated heterocycles. The second-order valence-electron chi connectivity index (χ2n) is 4.80. The number of sulfonamides is 1. The van der Waals surface area contributed by atoms with Gasteiger partial charge in [-0.25, -0.2) is 8.42 Å². The first-order valence-electron chi connectivity index (χ1n) is 5.57. The Hall–Kier alpha value is -0.570. The van der Waals surface area contributed by atoms with E-state index in [9.17, 15) is 8.42 Å². The van der Waals surface area contributed by atoms with Crippen molar-refractivity contribution in [1.82, 2.24) is 10.0 Å². The summed E-state index contributed by atoms with van der Waals surface area (Å²) in [6.07, 6.45) is 8.38. The highest BCUT2D eigenvalue weighted by atomic mass is 32.2. The molecule has 1 unspecified atom stereocenters. The number of hydrogen-bond acceptors (Lipinski definition) is 3. The molecule has 5 heteroatoms. The van der Waals surface area contributed by atoms with Crippen LogP contribution in [0.4, 0.5) is 0 Å². The van der Waals surface area contributed by atoms with E-state index in [-0.39, 0.29) is 11.8 Å². The highest BCUT2D eigenvalue weighted by Gasteiger charge is 2.26. The lowest BCUT2D eigenvalue weighted by Crippen LogP contribution is -2.48. The van der Waals surface area contributed by atoms with Gasteiger partial charge >= 0.3 is 0 Å². The van der Waals surface area contributed by atoms with Crippen molar-refractivity contribution in [1.29, 1.82) is 0 Å². The molecule has 1 aliphatic heterocycles. The summed E-state index contributed by atoms with van der Waals surface area (Å²) in [7, 11) is -3.31. The first-order chi connectivity index (χ1) is 7.35. The highest BCUT2D eigenvalue weighted by molar-refractivity contribution is 7.89. The van der Waals surface area contributed by atoms with Gasteiger partial charge in [0.2, 0.25) is 10.0 Å². The molecule has 0 amide bonds. The maximum Gasteiger partial charge on any atom is 0.214 e. The van der Waals surface area contributed by atoms with Crippen molar-refractivity contribution in [3.05, 3.63) is 0 Å². The molecule has 1 heterocycles. The Morgan fingerprint density at radius 3 is 2.69 bits per heavy atom. The Balaban J connectivity index is 2.55. The Labute approximate surface area is 98.2 Å². The van der Waals surface area contributed by atoms with Crippen LogP contribution in [-0.4, -0.2) is 32.3 Å². The molecule has 0 aromatic carbocycles. The zero-order valence-electron chi connectivity index (χ0n) is 9.91. The standard InChI is InChI=1S/C11H20N2O2S/c1-4-11(2,3)13-16(14,15)9-10-7-5-6-8-12-10/h1,10,12-13H,5-9H2,2-3H3. The largest absolute Gasteiger partial charge is 0.313 e.